The van der Waals surface area contributed by atoms with Crippen LogP contribution in [0.5, 0.6) is 0 Å². The number of hydrogen-bond acceptors (Lipinski definition) is 5. The number of fused-ring (bicyclic) bond motifs is 1. The molecule has 2 aromatic rings. The minimum absolute atomic E-state index is 0. The average molecular weight is 396 g/mol. The minimum atomic E-state index is 0. The Bertz CT molecular complexity index is 748. The van der Waals surface area contributed by atoms with Crippen molar-refractivity contribution in [3.63, 3.8) is 0 Å². The largest absolute Gasteiger partial charge is 0.355 e. The molecular weight excluding hydrogens is 369 g/mol. The molecule has 1 aliphatic heterocycles. The van der Waals surface area contributed by atoms with Gasteiger partial charge in [0.05, 0.1) is 0 Å². The first-order chi connectivity index (χ1) is 11.6. The Kier molecular flexibility index (Phi) is 6.86. The fraction of sp³-hybridized carbons (Fsp3) is 0.474. The maximum Gasteiger partial charge on any atom is 0.132 e. The summed E-state index contributed by atoms with van der Waals surface area (Å²) in [6.07, 6.45) is 3.76. The van der Waals surface area contributed by atoms with Crippen molar-refractivity contribution in [1.29, 1.82) is 0 Å². The van der Waals surface area contributed by atoms with E-state index in [9.17, 15) is 0 Å². The van der Waals surface area contributed by atoms with Gasteiger partial charge in [0, 0.05) is 50.4 Å². The van der Waals surface area contributed by atoms with Crippen molar-refractivity contribution in [2.75, 3.05) is 19.0 Å². The van der Waals surface area contributed by atoms with Crippen LogP contribution in [0, 0.1) is 0 Å². The number of nitrogens with zero attached hydrogens (tertiary/aromatic N) is 4. The van der Waals surface area contributed by atoms with E-state index in [1.165, 1.54) is 16.7 Å². The van der Waals surface area contributed by atoms with Gasteiger partial charge in [0.2, 0.25) is 0 Å². The number of anilines is 1. The van der Waals surface area contributed by atoms with Crippen LogP contribution >= 0.6 is 24.8 Å². The van der Waals surface area contributed by atoms with Crippen LogP contribution in [0.15, 0.2) is 30.6 Å². The summed E-state index contributed by atoms with van der Waals surface area (Å²) in [5.74, 6) is 1.49. The number of benzene rings is 1. The molecular formula is C19H27Cl2N5. The van der Waals surface area contributed by atoms with Gasteiger partial charge in [0.1, 0.15) is 12.1 Å². The van der Waals surface area contributed by atoms with Crippen molar-refractivity contribution in [2.45, 2.75) is 44.4 Å². The standard InChI is InChI=1S/C19H25N5.2ClH/c1-23-10-14-4-3-13(5-16(14)11-23)9-24(2)19-8-18(21-12-22-19)15-6-17(20)7-15;;/h3-5,8,12,15,17H,6-7,9-11,20H2,1-2H3;2*1H. The molecule has 1 aliphatic carbocycles. The second kappa shape index (κ2) is 8.53. The van der Waals surface area contributed by atoms with Crippen LogP contribution in [0.25, 0.3) is 0 Å². The minimum Gasteiger partial charge on any atom is -0.355 e. The van der Waals surface area contributed by atoms with E-state index in [0.717, 1.165) is 44.0 Å². The molecule has 2 N–H and O–H groups in total. The molecule has 1 saturated carbocycles. The van der Waals surface area contributed by atoms with Crippen molar-refractivity contribution in [3.05, 3.63) is 53.0 Å². The SMILES string of the molecule is CN1Cc2ccc(CN(C)c3cc(C4CC(N)C4)ncn3)cc2C1.Cl.Cl. The molecule has 0 bridgehead atoms. The van der Waals surface area contributed by atoms with Gasteiger partial charge in [-0.3, -0.25) is 4.90 Å². The second-order valence-corrected chi connectivity index (χ2v) is 7.36. The van der Waals surface area contributed by atoms with Gasteiger partial charge in [-0.15, -0.1) is 24.8 Å². The van der Waals surface area contributed by atoms with Crippen LogP contribution in [0.4, 0.5) is 5.82 Å². The summed E-state index contributed by atoms with van der Waals surface area (Å²) in [5.41, 5.74) is 11.3. The van der Waals surface area contributed by atoms with E-state index in [1.807, 2.05) is 0 Å². The third-order valence-corrected chi connectivity index (χ3v) is 5.23. The van der Waals surface area contributed by atoms with Gasteiger partial charge >= 0.3 is 0 Å². The molecule has 1 aromatic carbocycles. The molecule has 0 saturated heterocycles. The van der Waals surface area contributed by atoms with Gasteiger partial charge in [0.25, 0.3) is 0 Å². The normalized spacial score (nSPS) is 21.2. The van der Waals surface area contributed by atoms with Gasteiger partial charge in [-0.05, 0) is 36.6 Å². The average Bonchev–Trinajstić information content (AvgIpc) is 2.91. The fourth-order valence-electron chi connectivity index (χ4n) is 3.77. The highest BCUT2D eigenvalue weighted by Crippen LogP contribution is 2.35. The number of nitrogens with two attached hydrogens (primary N) is 1. The summed E-state index contributed by atoms with van der Waals surface area (Å²) in [6, 6.07) is 9.31. The first-order valence-electron chi connectivity index (χ1n) is 8.66. The molecule has 0 radical (unpaired) electrons. The number of halogens is 2. The van der Waals surface area contributed by atoms with Crippen LogP contribution in [-0.4, -0.2) is 35.0 Å². The Morgan fingerprint density at radius 1 is 1.12 bits per heavy atom. The molecule has 142 valence electrons. The van der Waals surface area contributed by atoms with E-state index in [-0.39, 0.29) is 24.8 Å². The van der Waals surface area contributed by atoms with Crippen molar-refractivity contribution < 1.29 is 0 Å². The maximum atomic E-state index is 5.90. The van der Waals surface area contributed by atoms with E-state index < -0.39 is 0 Å². The fourth-order valence-corrected chi connectivity index (χ4v) is 3.77. The molecule has 1 fully saturated rings. The third kappa shape index (κ3) is 4.29. The zero-order chi connectivity index (χ0) is 16.7. The summed E-state index contributed by atoms with van der Waals surface area (Å²) >= 11 is 0. The van der Waals surface area contributed by atoms with Gasteiger partial charge in [-0.2, -0.15) is 0 Å². The quantitative estimate of drug-likeness (QED) is 0.861. The predicted octanol–water partition coefficient (Wildman–Crippen LogP) is 3.11. The molecule has 0 amide bonds. The predicted molar refractivity (Wildman–Crippen MR) is 110 cm³/mol. The molecule has 5 nitrogen and oxygen atoms in total. The highest BCUT2D eigenvalue weighted by atomic mass is 35.5. The van der Waals surface area contributed by atoms with E-state index in [0.29, 0.717) is 12.0 Å². The van der Waals surface area contributed by atoms with Crippen molar-refractivity contribution in [2.24, 2.45) is 5.73 Å². The highest BCUT2D eigenvalue weighted by molar-refractivity contribution is 5.85. The van der Waals surface area contributed by atoms with Crippen LogP contribution in [0.3, 0.4) is 0 Å². The molecule has 7 heteroatoms. The van der Waals surface area contributed by atoms with Gasteiger partial charge in [-0.1, -0.05) is 18.2 Å². The Labute approximate surface area is 167 Å². The van der Waals surface area contributed by atoms with Crippen LogP contribution < -0.4 is 10.6 Å². The van der Waals surface area contributed by atoms with E-state index in [1.54, 1.807) is 6.33 Å². The molecule has 26 heavy (non-hydrogen) atoms. The molecule has 0 unspecified atom stereocenters. The van der Waals surface area contributed by atoms with Gasteiger partial charge in [-0.25, -0.2) is 9.97 Å². The summed E-state index contributed by atoms with van der Waals surface area (Å²) in [7, 11) is 4.26. The summed E-state index contributed by atoms with van der Waals surface area (Å²) in [4.78, 5) is 13.4. The Morgan fingerprint density at radius 3 is 2.58 bits per heavy atom. The zero-order valence-corrected chi connectivity index (χ0v) is 16.9. The summed E-state index contributed by atoms with van der Waals surface area (Å²) in [6.45, 7) is 2.97. The lowest BCUT2D eigenvalue weighted by atomic mass is 9.78. The van der Waals surface area contributed by atoms with Crippen molar-refractivity contribution in [3.8, 4) is 0 Å². The van der Waals surface area contributed by atoms with E-state index >= 15 is 0 Å². The number of rotatable bonds is 4. The van der Waals surface area contributed by atoms with Crippen LogP contribution in [0.1, 0.15) is 41.1 Å². The molecule has 0 spiro atoms. The number of aromatic nitrogens is 2. The highest BCUT2D eigenvalue weighted by Gasteiger charge is 2.28. The Balaban J connectivity index is 0.00000121. The molecule has 0 atom stereocenters. The lowest BCUT2D eigenvalue weighted by molar-refractivity contribution is 0.345. The van der Waals surface area contributed by atoms with E-state index in [2.05, 4.69) is 58.1 Å². The topological polar surface area (TPSA) is 58.3 Å². The Morgan fingerprint density at radius 2 is 1.85 bits per heavy atom. The first kappa shape index (κ1) is 20.9. The zero-order valence-electron chi connectivity index (χ0n) is 15.3. The maximum absolute atomic E-state index is 5.90. The molecule has 4 rings (SSSR count). The van der Waals surface area contributed by atoms with Crippen molar-refractivity contribution in [1.82, 2.24) is 14.9 Å². The monoisotopic (exact) mass is 395 g/mol. The molecule has 1 aromatic heterocycles. The van der Waals surface area contributed by atoms with Crippen LogP contribution in [-0.2, 0) is 19.6 Å². The molecule has 2 heterocycles. The molecule has 2 aliphatic rings. The lowest BCUT2D eigenvalue weighted by Crippen LogP contribution is -2.35. The summed E-state index contributed by atoms with van der Waals surface area (Å²) < 4.78 is 0. The third-order valence-electron chi connectivity index (χ3n) is 5.23. The van der Waals surface area contributed by atoms with E-state index in [4.69, 9.17) is 5.73 Å². The van der Waals surface area contributed by atoms with Crippen LogP contribution in [0.2, 0.25) is 0 Å². The first-order valence-corrected chi connectivity index (χ1v) is 8.66. The number of hydrogen-bond donors (Lipinski definition) is 1. The van der Waals surface area contributed by atoms with Crippen molar-refractivity contribution >= 4 is 30.6 Å². The van der Waals surface area contributed by atoms with Gasteiger partial charge < -0.3 is 10.6 Å². The second-order valence-electron chi connectivity index (χ2n) is 7.36. The Hall–Kier alpha value is -1.40. The summed E-state index contributed by atoms with van der Waals surface area (Å²) in [5, 5.41) is 0. The lowest BCUT2D eigenvalue weighted by Gasteiger charge is -2.32. The van der Waals surface area contributed by atoms with Gasteiger partial charge in [0.15, 0.2) is 0 Å². The smallest absolute Gasteiger partial charge is 0.132 e.